The van der Waals surface area contributed by atoms with E-state index < -0.39 is 18.1 Å². The lowest BCUT2D eigenvalue weighted by Gasteiger charge is -2.23. The number of aliphatic hydroxyl groups is 1. The summed E-state index contributed by atoms with van der Waals surface area (Å²) in [5.74, 6) is -0.704. The standard InChI is InChI=1S/C10H19NO4/c1-5-15-10(14)8(3)11(4)9(13)6-7(2)12/h7-8,12H,5-6H2,1-4H3. The summed E-state index contributed by atoms with van der Waals surface area (Å²) in [6.45, 7) is 5.13. The Morgan fingerprint density at radius 3 is 2.33 bits per heavy atom. The summed E-state index contributed by atoms with van der Waals surface area (Å²) in [6, 6.07) is -0.615. The minimum Gasteiger partial charge on any atom is -0.464 e. The highest BCUT2D eigenvalue weighted by atomic mass is 16.5. The molecular formula is C10H19NO4. The fourth-order valence-corrected chi connectivity index (χ4v) is 1.03. The topological polar surface area (TPSA) is 66.8 Å². The molecule has 0 fully saturated rings. The van der Waals surface area contributed by atoms with Crippen LogP contribution in [-0.4, -0.2) is 47.7 Å². The van der Waals surface area contributed by atoms with Crippen LogP contribution in [-0.2, 0) is 14.3 Å². The highest BCUT2D eigenvalue weighted by Gasteiger charge is 2.23. The number of carbonyl (C=O) groups is 2. The highest BCUT2D eigenvalue weighted by molar-refractivity contribution is 5.84. The van der Waals surface area contributed by atoms with Crippen LogP contribution < -0.4 is 0 Å². The molecule has 0 saturated carbocycles. The summed E-state index contributed by atoms with van der Waals surface area (Å²) < 4.78 is 4.78. The maximum atomic E-state index is 11.5. The van der Waals surface area contributed by atoms with Crippen molar-refractivity contribution in [1.29, 1.82) is 0 Å². The number of nitrogens with zero attached hydrogens (tertiary/aromatic N) is 1. The number of hydrogen-bond donors (Lipinski definition) is 1. The van der Waals surface area contributed by atoms with Gasteiger partial charge in [0.15, 0.2) is 0 Å². The van der Waals surface area contributed by atoms with Crippen molar-refractivity contribution in [2.24, 2.45) is 0 Å². The second kappa shape index (κ2) is 6.40. The molecule has 0 rings (SSSR count). The Hall–Kier alpha value is -1.10. The molecule has 0 aliphatic heterocycles. The molecule has 15 heavy (non-hydrogen) atoms. The van der Waals surface area contributed by atoms with Crippen LogP contribution in [0, 0.1) is 0 Å². The van der Waals surface area contributed by atoms with Crippen LogP contribution in [0.4, 0.5) is 0 Å². The van der Waals surface area contributed by atoms with Gasteiger partial charge >= 0.3 is 5.97 Å². The molecule has 1 N–H and O–H groups in total. The van der Waals surface area contributed by atoms with Gasteiger partial charge in [-0.3, -0.25) is 4.79 Å². The third-order valence-corrected chi connectivity index (χ3v) is 2.07. The van der Waals surface area contributed by atoms with Crippen molar-refractivity contribution in [3.8, 4) is 0 Å². The maximum absolute atomic E-state index is 11.5. The lowest BCUT2D eigenvalue weighted by Crippen LogP contribution is -2.42. The summed E-state index contributed by atoms with van der Waals surface area (Å²) in [5.41, 5.74) is 0. The van der Waals surface area contributed by atoms with E-state index in [-0.39, 0.29) is 12.3 Å². The van der Waals surface area contributed by atoms with Gasteiger partial charge < -0.3 is 14.7 Å². The van der Waals surface area contributed by atoms with Gasteiger partial charge in [0.2, 0.25) is 5.91 Å². The molecule has 2 unspecified atom stereocenters. The summed E-state index contributed by atoms with van der Waals surface area (Å²) in [7, 11) is 1.52. The Morgan fingerprint density at radius 1 is 1.40 bits per heavy atom. The summed E-state index contributed by atoms with van der Waals surface area (Å²) in [4.78, 5) is 24.0. The number of hydrogen-bond acceptors (Lipinski definition) is 4. The zero-order chi connectivity index (χ0) is 12.0. The number of amides is 1. The lowest BCUT2D eigenvalue weighted by molar-refractivity contribution is -0.153. The first-order valence-electron chi connectivity index (χ1n) is 5.00. The Morgan fingerprint density at radius 2 is 1.93 bits per heavy atom. The number of carbonyl (C=O) groups excluding carboxylic acids is 2. The normalized spacial score (nSPS) is 14.2. The molecule has 1 amide bonds. The van der Waals surface area contributed by atoms with Crippen LogP contribution in [0.5, 0.6) is 0 Å². The molecule has 0 radical (unpaired) electrons. The minimum absolute atomic E-state index is 0.0141. The van der Waals surface area contributed by atoms with Gasteiger partial charge in [-0.05, 0) is 20.8 Å². The fourth-order valence-electron chi connectivity index (χ4n) is 1.03. The first-order valence-corrected chi connectivity index (χ1v) is 5.00. The number of esters is 1. The highest BCUT2D eigenvalue weighted by Crippen LogP contribution is 2.03. The van der Waals surface area contributed by atoms with Crippen LogP contribution in [0.25, 0.3) is 0 Å². The molecule has 5 heteroatoms. The van der Waals surface area contributed by atoms with Crippen LogP contribution in [0.15, 0.2) is 0 Å². The van der Waals surface area contributed by atoms with Crippen molar-refractivity contribution in [3.05, 3.63) is 0 Å². The van der Waals surface area contributed by atoms with Gasteiger partial charge in [-0.25, -0.2) is 4.79 Å². The Bertz CT molecular complexity index is 227. The van der Waals surface area contributed by atoms with E-state index in [9.17, 15) is 9.59 Å². The Labute approximate surface area is 90.0 Å². The summed E-state index contributed by atoms with van der Waals surface area (Å²) >= 11 is 0. The molecule has 5 nitrogen and oxygen atoms in total. The van der Waals surface area contributed by atoms with Gasteiger partial charge in [0.1, 0.15) is 6.04 Å². The van der Waals surface area contributed by atoms with Crippen LogP contribution >= 0.6 is 0 Å². The molecule has 88 valence electrons. The van der Waals surface area contributed by atoms with E-state index in [0.29, 0.717) is 6.61 Å². The van der Waals surface area contributed by atoms with Crippen molar-refractivity contribution < 1.29 is 19.4 Å². The van der Waals surface area contributed by atoms with Crippen LogP contribution in [0.1, 0.15) is 27.2 Å². The van der Waals surface area contributed by atoms with Gasteiger partial charge in [0, 0.05) is 7.05 Å². The quantitative estimate of drug-likeness (QED) is 0.666. The molecule has 0 aromatic rings. The Balaban J connectivity index is 4.24. The monoisotopic (exact) mass is 217 g/mol. The average Bonchev–Trinajstić information content (AvgIpc) is 2.14. The maximum Gasteiger partial charge on any atom is 0.328 e. The average molecular weight is 217 g/mol. The summed E-state index contributed by atoms with van der Waals surface area (Å²) in [5, 5.41) is 9.03. The smallest absolute Gasteiger partial charge is 0.328 e. The number of ether oxygens (including phenoxy) is 1. The predicted octanol–water partition coefficient (Wildman–Crippen LogP) is 0.167. The third kappa shape index (κ3) is 4.78. The summed E-state index contributed by atoms with van der Waals surface area (Å²) in [6.07, 6.45) is -0.686. The van der Waals surface area contributed by atoms with Crippen LogP contribution in [0.3, 0.4) is 0 Å². The molecular weight excluding hydrogens is 198 g/mol. The van der Waals surface area contributed by atoms with Crippen molar-refractivity contribution in [2.75, 3.05) is 13.7 Å². The van der Waals surface area contributed by atoms with E-state index in [2.05, 4.69) is 0 Å². The van der Waals surface area contributed by atoms with Gasteiger partial charge in [-0.1, -0.05) is 0 Å². The zero-order valence-corrected chi connectivity index (χ0v) is 9.69. The molecule has 2 atom stereocenters. The van der Waals surface area contributed by atoms with E-state index >= 15 is 0 Å². The molecule has 0 heterocycles. The predicted molar refractivity (Wildman–Crippen MR) is 55.2 cm³/mol. The van der Waals surface area contributed by atoms with E-state index in [1.807, 2.05) is 0 Å². The molecule has 0 aromatic heterocycles. The fraction of sp³-hybridized carbons (Fsp3) is 0.800. The van der Waals surface area contributed by atoms with Crippen molar-refractivity contribution in [3.63, 3.8) is 0 Å². The first kappa shape index (κ1) is 13.9. The van der Waals surface area contributed by atoms with Crippen LogP contribution in [0.2, 0.25) is 0 Å². The van der Waals surface area contributed by atoms with E-state index in [0.717, 1.165) is 0 Å². The van der Waals surface area contributed by atoms with E-state index in [1.165, 1.54) is 18.9 Å². The largest absolute Gasteiger partial charge is 0.464 e. The minimum atomic E-state index is -0.700. The number of likely N-dealkylation sites (N-methyl/N-ethyl adjacent to an activating group) is 1. The molecule has 0 aliphatic carbocycles. The van der Waals surface area contributed by atoms with E-state index in [4.69, 9.17) is 9.84 Å². The van der Waals surface area contributed by atoms with Gasteiger partial charge in [0.25, 0.3) is 0 Å². The number of aliphatic hydroxyl groups excluding tert-OH is 1. The second-order valence-corrected chi connectivity index (χ2v) is 3.49. The second-order valence-electron chi connectivity index (χ2n) is 3.49. The molecule has 0 spiro atoms. The SMILES string of the molecule is CCOC(=O)C(C)N(C)C(=O)CC(C)O. The first-order chi connectivity index (χ1) is 6.90. The van der Waals surface area contributed by atoms with Crippen molar-refractivity contribution in [2.45, 2.75) is 39.3 Å². The zero-order valence-electron chi connectivity index (χ0n) is 9.69. The lowest BCUT2D eigenvalue weighted by atomic mass is 10.2. The molecule has 0 aromatic carbocycles. The third-order valence-electron chi connectivity index (χ3n) is 2.07. The number of rotatable bonds is 5. The van der Waals surface area contributed by atoms with Gasteiger partial charge in [-0.2, -0.15) is 0 Å². The molecule has 0 bridgehead atoms. The Kier molecular flexibility index (Phi) is 5.93. The van der Waals surface area contributed by atoms with E-state index in [1.54, 1.807) is 13.8 Å². The van der Waals surface area contributed by atoms with Gasteiger partial charge in [-0.15, -0.1) is 0 Å². The van der Waals surface area contributed by atoms with Crippen molar-refractivity contribution in [1.82, 2.24) is 4.90 Å². The molecule has 0 aliphatic rings. The van der Waals surface area contributed by atoms with Gasteiger partial charge in [0.05, 0.1) is 19.1 Å². The molecule has 0 saturated heterocycles. The van der Waals surface area contributed by atoms with Crippen molar-refractivity contribution >= 4 is 11.9 Å².